The second kappa shape index (κ2) is 5.38. The monoisotopic (exact) mass is 317 g/mol. The molecule has 0 fully saturated rings. The number of rotatable bonds is 2. The van der Waals surface area contributed by atoms with E-state index in [1.54, 1.807) is 17.0 Å². The first kappa shape index (κ1) is 14.5. The lowest BCUT2D eigenvalue weighted by molar-refractivity contribution is -0.384. The highest BCUT2D eigenvalue weighted by molar-refractivity contribution is 6.29. The van der Waals surface area contributed by atoms with Crippen LogP contribution in [0.15, 0.2) is 36.5 Å². The molecule has 0 saturated carbocycles. The van der Waals surface area contributed by atoms with Crippen molar-refractivity contribution in [2.45, 2.75) is 19.4 Å². The van der Waals surface area contributed by atoms with Gasteiger partial charge >= 0.3 is 0 Å². The fourth-order valence-corrected chi connectivity index (χ4v) is 2.89. The molecule has 0 aliphatic carbocycles. The summed E-state index contributed by atoms with van der Waals surface area (Å²) >= 11 is 5.83. The number of carbonyl (C=O) groups is 1. The Balaban J connectivity index is 2.00. The summed E-state index contributed by atoms with van der Waals surface area (Å²) < 4.78 is 0. The number of nitro benzene ring substituents is 1. The topological polar surface area (TPSA) is 76.3 Å². The van der Waals surface area contributed by atoms with Gasteiger partial charge in [0.05, 0.1) is 4.92 Å². The molecule has 1 aliphatic rings. The number of carbonyl (C=O) groups excluding carboxylic acids is 1. The Bertz CT molecular complexity index is 778. The smallest absolute Gasteiger partial charge is 0.269 e. The molecule has 0 saturated heterocycles. The highest BCUT2D eigenvalue weighted by Gasteiger charge is 2.32. The fraction of sp³-hybridized carbons (Fsp3) is 0.200. The third kappa shape index (κ3) is 2.42. The number of nitro groups is 1. The van der Waals surface area contributed by atoms with E-state index in [4.69, 9.17) is 11.6 Å². The Morgan fingerprint density at radius 1 is 1.41 bits per heavy atom. The Morgan fingerprint density at radius 2 is 2.18 bits per heavy atom. The molecule has 0 spiro atoms. The molecule has 1 aromatic carbocycles. The van der Waals surface area contributed by atoms with Gasteiger partial charge in [0.2, 0.25) is 0 Å². The molecule has 1 amide bonds. The predicted molar refractivity (Wildman–Crippen MR) is 82.3 cm³/mol. The fourth-order valence-electron chi connectivity index (χ4n) is 2.72. The van der Waals surface area contributed by atoms with Crippen LogP contribution in [0.1, 0.15) is 22.8 Å². The van der Waals surface area contributed by atoms with Gasteiger partial charge in [0.15, 0.2) is 0 Å². The van der Waals surface area contributed by atoms with E-state index in [1.807, 2.05) is 6.92 Å². The minimum atomic E-state index is -0.432. The Hall–Kier alpha value is -2.47. The minimum absolute atomic E-state index is 0.0344. The predicted octanol–water partition coefficient (Wildman–Crippen LogP) is 3.23. The van der Waals surface area contributed by atoms with Crippen molar-refractivity contribution < 1.29 is 9.72 Å². The zero-order chi connectivity index (χ0) is 15.9. The molecule has 0 radical (unpaired) electrons. The van der Waals surface area contributed by atoms with Crippen molar-refractivity contribution in [2.75, 3.05) is 4.90 Å². The van der Waals surface area contributed by atoms with Crippen LogP contribution in [0.5, 0.6) is 0 Å². The third-order valence-electron chi connectivity index (χ3n) is 3.68. The van der Waals surface area contributed by atoms with Crippen molar-refractivity contribution in [3.8, 4) is 0 Å². The van der Waals surface area contributed by atoms with Crippen molar-refractivity contribution in [2.24, 2.45) is 0 Å². The standard InChI is InChI=1S/C15H12ClN3O3/c1-9-6-11-7-12(19(21)22)2-3-13(11)18(9)15(20)10-4-5-17-14(16)8-10/h2-5,7-9H,6H2,1H3. The van der Waals surface area contributed by atoms with E-state index in [0.717, 1.165) is 5.56 Å². The van der Waals surface area contributed by atoms with Crippen LogP contribution in [-0.4, -0.2) is 21.9 Å². The van der Waals surface area contributed by atoms with Crippen LogP contribution in [-0.2, 0) is 6.42 Å². The van der Waals surface area contributed by atoms with Gasteiger partial charge in [0, 0.05) is 35.6 Å². The number of amides is 1. The number of hydrogen-bond acceptors (Lipinski definition) is 4. The Kier molecular flexibility index (Phi) is 3.54. The van der Waals surface area contributed by atoms with Gasteiger partial charge in [-0.2, -0.15) is 0 Å². The highest BCUT2D eigenvalue weighted by atomic mass is 35.5. The molecule has 2 aromatic rings. The second-order valence-corrected chi connectivity index (χ2v) is 5.55. The number of anilines is 1. The molecule has 112 valence electrons. The average molecular weight is 318 g/mol. The van der Waals surface area contributed by atoms with E-state index >= 15 is 0 Å². The van der Waals surface area contributed by atoms with E-state index in [0.29, 0.717) is 17.7 Å². The van der Waals surface area contributed by atoms with Gasteiger partial charge in [-0.15, -0.1) is 0 Å². The Labute approximate surface area is 131 Å². The van der Waals surface area contributed by atoms with E-state index in [1.165, 1.54) is 24.4 Å². The van der Waals surface area contributed by atoms with Crippen molar-refractivity contribution in [3.63, 3.8) is 0 Å². The zero-order valence-electron chi connectivity index (χ0n) is 11.7. The maximum Gasteiger partial charge on any atom is 0.269 e. The molecule has 0 N–H and O–H groups in total. The van der Waals surface area contributed by atoms with E-state index in [9.17, 15) is 14.9 Å². The number of nitrogens with zero attached hydrogens (tertiary/aromatic N) is 3. The van der Waals surface area contributed by atoms with Crippen molar-refractivity contribution in [1.29, 1.82) is 0 Å². The SMILES string of the molecule is CC1Cc2cc([N+](=O)[O-])ccc2N1C(=O)c1ccnc(Cl)c1. The van der Waals surface area contributed by atoms with Gasteiger partial charge < -0.3 is 4.90 Å². The molecule has 3 rings (SSSR count). The minimum Gasteiger partial charge on any atom is -0.305 e. The van der Waals surface area contributed by atoms with Crippen LogP contribution in [0.3, 0.4) is 0 Å². The first-order valence-electron chi connectivity index (χ1n) is 6.70. The quantitative estimate of drug-likeness (QED) is 0.484. The maximum atomic E-state index is 12.7. The molecule has 1 aliphatic heterocycles. The van der Waals surface area contributed by atoms with Gasteiger partial charge in [0.25, 0.3) is 11.6 Å². The summed E-state index contributed by atoms with van der Waals surface area (Å²) in [4.78, 5) is 28.6. The van der Waals surface area contributed by atoms with Crippen LogP contribution in [0.4, 0.5) is 11.4 Å². The van der Waals surface area contributed by atoms with Crippen molar-refractivity contribution in [3.05, 3.63) is 62.9 Å². The average Bonchev–Trinajstić information content (AvgIpc) is 2.81. The Morgan fingerprint density at radius 3 is 2.86 bits per heavy atom. The summed E-state index contributed by atoms with van der Waals surface area (Å²) in [5.41, 5.74) is 1.98. The van der Waals surface area contributed by atoms with Crippen LogP contribution in [0.2, 0.25) is 5.15 Å². The largest absolute Gasteiger partial charge is 0.305 e. The first-order chi connectivity index (χ1) is 10.5. The maximum absolute atomic E-state index is 12.7. The summed E-state index contributed by atoms with van der Waals surface area (Å²) in [7, 11) is 0. The van der Waals surface area contributed by atoms with E-state index in [-0.39, 0.29) is 22.8 Å². The van der Waals surface area contributed by atoms with Crippen molar-refractivity contribution >= 4 is 28.9 Å². The molecule has 0 bridgehead atoms. The summed E-state index contributed by atoms with van der Waals surface area (Å²) in [5, 5.41) is 11.1. The number of hydrogen-bond donors (Lipinski definition) is 0. The molecular formula is C15H12ClN3O3. The molecule has 6 nitrogen and oxygen atoms in total. The molecule has 1 atom stereocenters. The van der Waals surface area contributed by atoms with Crippen molar-refractivity contribution in [1.82, 2.24) is 4.98 Å². The molecule has 2 heterocycles. The molecule has 7 heteroatoms. The summed E-state index contributed by atoms with van der Waals surface area (Å²) in [6, 6.07) is 7.61. The van der Waals surface area contributed by atoms with Gasteiger partial charge in [-0.05, 0) is 37.1 Å². The van der Waals surface area contributed by atoms with Crippen LogP contribution < -0.4 is 4.90 Å². The number of benzene rings is 1. The van der Waals surface area contributed by atoms with Gasteiger partial charge in [-0.25, -0.2) is 4.98 Å². The lowest BCUT2D eigenvalue weighted by Gasteiger charge is -2.22. The van der Waals surface area contributed by atoms with E-state index < -0.39 is 4.92 Å². The number of fused-ring (bicyclic) bond motifs is 1. The third-order valence-corrected chi connectivity index (χ3v) is 3.89. The highest BCUT2D eigenvalue weighted by Crippen LogP contribution is 2.35. The second-order valence-electron chi connectivity index (χ2n) is 5.17. The van der Waals surface area contributed by atoms with Crippen LogP contribution in [0.25, 0.3) is 0 Å². The number of non-ortho nitro benzene ring substituents is 1. The zero-order valence-corrected chi connectivity index (χ0v) is 12.4. The van der Waals surface area contributed by atoms with Crippen LogP contribution >= 0.6 is 11.6 Å². The summed E-state index contributed by atoms with van der Waals surface area (Å²) in [5.74, 6) is -0.190. The number of pyridine rings is 1. The summed E-state index contributed by atoms with van der Waals surface area (Å²) in [6.45, 7) is 1.91. The molecule has 1 unspecified atom stereocenters. The van der Waals surface area contributed by atoms with Crippen LogP contribution in [0, 0.1) is 10.1 Å². The molecule has 1 aromatic heterocycles. The number of halogens is 1. The molecule has 22 heavy (non-hydrogen) atoms. The lowest BCUT2D eigenvalue weighted by atomic mass is 10.1. The van der Waals surface area contributed by atoms with E-state index in [2.05, 4.69) is 4.98 Å². The van der Waals surface area contributed by atoms with Gasteiger partial charge in [0.1, 0.15) is 5.15 Å². The van der Waals surface area contributed by atoms with Gasteiger partial charge in [-0.3, -0.25) is 14.9 Å². The number of aromatic nitrogens is 1. The van der Waals surface area contributed by atoms with Gasteiger partial charge in [-0.1, -0.05) is 11.6 Å². The lowest BCUT2D eigenvalue weighted by Crippen LogP contribution is -2.35. The summed E-state index contributed by atoms with van der Waals surface area (Å²) in [6.07, 6.45) is 2.06. The molecular weight excluding hydrogens is 306 g/mol. The normalized spacial score (nSPS) is 16.5. The first-order valence-corrected chi connectivity index (χ1v) is 7.07.